The number of rotatable bonds is 9. The second kappa shape index (κ2) is 11.7. The van der Waals surface area contributed by atoms with E-state index in [2.05, 4.69) is 11.4 Å². The van der Waals surface area contributed by atoms with Crippen molar-refractivity contribution in [1.29, 1.82) is 0 Å². The number of halogens is 1. The van der Waals surface area contributed by atoms with Crippen LogP contribution in [0.4, 0.5) is 0 Å². The fourth-order valence-electron chi connectivity index (χ4n) is 4.94. The molecule has 1 aliphatic heterocycles. The molecule has 8 heteroatoms. The van der Waals surface area contributed by atoms with E-state index >= 15 is 0 Å². The van der Waals surface area contributed by atoms with E-state index in [0.717, 1.165) is 61.9 Å². The Morgan fingerprint density at radius 2 is 1.56 bits per heavy atom. The summed E-state index contributed by atoms with van der Waals surface area (Å²) in [5.41, 5.74) is 5.01. The molecular weight excluding hydrogens is 456 g/mol. The molecule has 0 saturated heterocycles. The number of fused-ring (bicyclic) bond motifs is 2. The van der Waals surface area contributed by atoms with E-state index in [-0.39, 0.29) is 18.3 Å². The molecule has 7 nitrogen and oxygen atoms in total. The summed E-state index contributed by atoms with van der Waals surface area (Å²) in [5.74, 6) is 3.77. The van der Waals surface area contributed by atoms with E-state index in [1.54, 1.807) is 28.4 Å². The Labute approximate surface area is 208 Å². The van der Waals surface area contributed by atoms with Crippen LogP contribution in [-0.2, 0) is 24.1 Å². The zero-order valence-electron chi connectivity index (χ0n) is 20.4. The SMILES string of the molecule is COc1cc2c(cc1OC)CCN(C(=O)CCNCC1Cc3c1ccc(OC)c3OC)CC2.Cl. The first-order valence-electron chi connectivity index (χ1n) is 11.6. The highest BCUT2D eigenvalue weighted by Gasteiger charge is 2.31. The summed E-state index contributed by atoms with van der Waals surface area (Å²) in [5, 5.41) is 3.47. The molecule has 1 aliphatic carbocycles. The monoisotopic (exact) mass is 490 g/mol. The maximum absolute atomic E-state index is 12.8. The van der Waals surface area contributed by atoms with Crippen molar-refractivity contribution in [2.24, 2.45) is 0 Å². The lowest BCUT2D eigenvalue weighted by atomic mass is 9.76. The van der Waals surface area contributed by atoms with Crippen LogP contribution in [0.5, 0.6) is 23.0 Å². The van der Waals surface area contributed by atoms with Gasteiger partial charge in [-0.15, -0.1) is 12.4 Å². The number of carbonyl (C=O) groups excluding carboxylic acids is 1. The van der Waals surface area contributed by atoms with Gasteiger partial charge in [0, 0.05) is 44.1 Å². The van der Waals surface area contributed by atoms with Crippen molar-refractivity contribution < 1.29 is 23.7 Å². The van der Waals surface area contributed by atoms with Gasteiger partial charge < -0.3 is 29.2 Å². The molecule has 0 aromatic heterocycles. The largest absolute Gasteiger partial charge is 0.493 e. The predicted octanol–water partition coefficient (Wildman–Crippen LogP) is 3.39. The second-order valence-corrected chi connectivity index (χ2v) is 8.58. The van der Waals surface area contributed by atoms with Gasteiger partial charge in [-0.2, -0.15) is 0 Å². The molecular formula is C26H35ClN2O5. The summed E-state index contributed by atoms with van der Waals surface area (Å²) in [7, 11) is 6.65. The minimum atomic E-state index is 0. The highest BCUT2D eigenvalue weighted by Crippen LogP contribution is 2.45. The number of carbonyl (C=O) groups is 1. The molecule has 0 saturated carbocycles. The lowest BCUT2D eigenvalue weighted by Gasteiger charge is -2.32. The molecule has 2 aliphatic rings. The van der Waals surface area contributed by atoms with Crippen molar-refractivity contribution in [3.05, 3.63) is 46.5 Å². The van der Waals surface area contributed by atoms with Crippen molar-refractivity contribution in [1.82, 2.24) is 10.2 Å². The third kappa shape index (κ3) is 5.20. The number of nitrogens with one attached hydrogen (secondary N) is 1. The van der Waals surface area contributed by atoms with Gasteiger partial charge in [-0.3, -0.25) is 4.79 Å². The zero-order chi connectivity index (χ0) is 23.4. The van der Waals surface area contributed by atoms with Crippen LogP contribution in [0.25, 0.3) is 0 Å². The number of methoxy groups -OCH3 is 4. The van der Waals surface area contributed by atoms with Crippen LogP contribution in [0.2, 0.25) is 0 Å². The number of hydrogen-bond acceptors (Lipinski definition) is 6. The van der Waals surface area contributed by atoms with Gasteiger partial charge in [0.05, 0.1) is 28.4 Å². The number of benzene rings is 2. The summed E-state index contributed by atoms with van der Waals surface area (Å²) in [6.45, 7) is 3.02. The second-order valence-electron chi connectivity index (χ2n) is 8.58. The molecule has 0 fully saturated rings. The van der Waals surface area contributed by atoms with E-state index in [1.165, 1.54) is 22.3 Å². The number of hydrogen-bond donors (Lipinski definition) is 1. The van der Waals surface area contributed by atoms with Crippen LogP contribution in [0.1, 0.15) is 34.6 Å². The molecule has 0 bridgehead atoms. The Bertz CT molecular complexity index is 978. The molecule has 0 spiro atoms. The van der Waals surface area contributed by atoms with Crippen molar-refractivity contribution in [2.75, 3.05) is 54.6 Å². The van der Waals surface area contributed by atoms with Crippen molar-refractivity contribution >= 4 is 18.3 Å². The lowest BCUT2D eigenvalue weighted by molar-refractivity contribution is -0.131. The summed E-state index contributed by atoms with van der Waals surface area (Å²) in [4.78, 5) is 14.8. The maximum atomic E-state index is 12.8. The van der Waals surface area contributed by atoms with Crippen LogP contribution < -0.4 is 24.3 Å². The Morgan fingerprint density at radius 1 is 0.941 bits per heavy atom. The van der Waals surface area contributed by atoms with Crippen LogP contribution in [0.15, 0.2) is 24.3 Å². The molecule has 1 amide bonds. The van der Waals surface area contributed by atoms with Gasteiger partial charge >= 0.3 is 0 Å². The van der Waals surface area contributed by atoms with Crippen molar-refractivity contribution in [2.45, 2.75) is 31.6 Å². The Hall–Kier alpha value is -2.64. The van der Waals surface area contributed by atoms with Gasteiger partial charge in [0.25, 0.3) is 0 Å². The minimum Gasteiger partial charge on any atom is -0.493 e. The van der Waals surface area contributed by atoms with Gasteiger partial charge in [-0.05, 0) is 54.2 Å². The van der Waals surface area contributed by atoms with E-state index in [0.29, 0.717) is 18.9 Å². The Balaban J connectivity index is 0.00000324. The highest BCUT2D eigenvalue weighted by molar-refractivity contribution is 5.85. The quantitative estimate of drug-likeness (QED) is 0.543. The average Bonchev–Trinajstić information content (AvgIpc) is 3.04. The van der Waals surface area contributed by atoms with Crippen LogP contribution in [-0.4, -0.2) is 65.4 Å². The number of ether oxygens (including phenoxy) is 4. The lowest BCUT2D eigenvalue weighted by Crippen LogP contribution is -2.36. The third-order valence-electron chi connectivity index (χ3n) is 6.84. The standard InChI is InChI=1S/C26H34N2O5.ClH/c1-30-22-6-5-20-19(13-21(20)26(22)33-4)16-27-10-7-25(29)28-11-8-17-14-23(31-2)24(32-3)15-18(17)9-12-28;/h5-6,14-15,19,27H,7-13,16H2,1-4H3;1H. The first kappa shape index (κ1) is 26.0. The molecule has 2 aromatic carbocycles. The van der Waals surface area contributed by atoms with Gasteiger partial charge in [0.2, 0.25) is 5.91 Å². The van der Waals surface area contributed by atoms with E-state index < -0.39 is 0 Å². The van der Waals surface area contributed by atoms with E-state index in [4.69, 9.17) is 18.9 Å². The summed E-state index contributed by atoms with van der Waals surface area (Å²) < 4.78 is 21.8. The molecule has 1 atom stereocenters. The first-order chi connectivity index (χ1) is 16.1. The molecule has 1 heterocycles. The smallest absolute Gasteiger partial charge is 0.223 e. The third-order valence-corrected chi connectivity index (χ3v) is 6.84. The molecule has 0 radical (unpaired) electrons. The minimum absolute atomic E-state index is 0. The van der Waals surface area contributed by atoms with E-state index in [1.807, 2.05) is 23.1 Å². The summed E-state index contributed by atoms with van der Waals surface area (Å²) in [6.07, 6.45) is 3.14. The number of nitrogens with zero attached hydrogens (tertiary/aromatic N) is 1. The first-order valence-corrected chi connectivity index (χ1v) is 11.6. The Morgan fingerprint density at radius 3 is 2.12 bits per heavy atom. The zero-order valence-corrected chi connectivity index (χ0v) is 21.3. The molecule has 1 N–H and O–H groups in total. The topological polar surface area (TPSA) is 69.3 Å². The van der Waals surface area contributed by atoms with Crippen molar-refractivity contribution in [3.63, 3.8) is 0 Å². The molecule has 4 rings (SSSR count). The molecule has 1 unspecified atom stereocenters. The summed E-state index contributed by atoms with van der Waals surface area (Å²) in [6, 6.07) is 8.18. The fraction of sp³-hybridized carbons (Fsp3) is 0.500. The van der Waals surface area contributed by atoms with Gasteiger partial charge in [0.1, 0.15) is 0 Å². The highest BCUT2D eigenvalue weighted by atomic mass is 35.5. The molecule has 34 heavy (non-hydrogen) atoms. The Kier molecular flexibility index (Phi) is 8.91. The van der Waals surface area contributed by atoms with Gasteiger partial charge in [0.15, 0.2) is 23.0 Å². The number of amides is 1. The fourth-order valence-corrected chi connectivity index (χ4v) is 4.94. The predicted molar refractivity (Wildman–Crippen MR) is 134 cm³/mol. The van der Waals surface area contributed by atoms with E-state index in [9.17, 15) is 4.79 Å². The molecule has 186 valence electrons. The molecule has 2 aromatic rings. The van der Waals surface area contributed by atoms with Gasteiger partial charge in [-0.1, -0.05) is 6.07 Å². The normalized spacial score (nSPS) is 16.2. The summed E-state index contributed by atoms with van der Waals surface area (Å²) >= 11 is 0. The maximum Gasteiger partial charge on any atom is 0.223 e. The van der Waals surface area contributed by atoms with Crippen LogP contribution >= 0.6 is 12.4 Å². The van der Waals surface area contributed by atoms with Crippen LogP contribution in [0, 0.1) is 0 Å². The van der Waals surface area contributed by atoms with Gasteiger partial charge in [-0.25, -0.2) is 0 Å². The van der Waals surface area contributed by atoms with Crippen LogP contribution in [0.3, 0.4) is 0 Å². The average molecular weight is 491 g/mol. The van der Waals surface area contributed by atoms with Crippen molar-refractivity contribution in [3.8, 4) is 23.0 Å².